The van der Waals surface area contributed by atoms with Crippen molar-refractivity contribution in [1.29, 1.82) is 0 Å². The van der Waals surface area contributed by atoms with Crippen molar-refractivity contribution in [1.82, 2.24) is 19.4 Å². The van der Waals surface area contributed by atoms with E-state index in [-0.39, 0.29) is 23.0 Å². The highest BCUT2D eigenvalue weighted by atomic mass is 35.5. The number of anilines is 2. The number of methoxy groups -OCH3 is 1. The average Bonchev–Trinajstić information content (AvgIpc) is 3.66. The van der Waals surface area contributed by atoms with Crippen LogP contribution in [0.1, 0.15) is 23.2 Å². The minimum Gasteiger partial charge on any atom is -0.495 e. The van der Waals surface area contributed by atoms with E-state index in [0.29, 0.717) is 51.4 Å². The van der Waals surface area contributed by atoms with Crippen LogP contribution in [0.2, 0.25) is 10.0 Å². The van der Waals surface area contributed by atoms with Gasteiger partial charge < -0.3 is 33.8 Å². The summed E-state index contributed by atoms with van der Waals surface area (Å²) in [5, 5.41) is 10.8. The molecule has 0 radical (unpaired) electrons. The third-order valence-electron chi connectivity index (χ3n) is 9.15. The van der Waals surface area contributed by atoms with Gasteiger partial charge in [0.05, 0.1) is 47.5 Å². The number of pyridine rings is 3. The highest BCUT2D eigenvalue weighted by Crippen LogP contribution is 2.51. The average molecular weight is 652 g/mol. The second-order valence-corrected chi connectivity index (χ2v) is 12.9. The third kappa shape index (κ3) is 5.32. The topological polar surface area (TPSA) is 113 Å². The zero-order chi connectivity index (χ0) is 31.6. The van der Waals surface area contributed by atoms with Gasteiger partial charge in [0.25, 0.3) is 0 Å². The van der Waals surface area contributed by atoms with Crippen molar-refractivity contribution < 1.29 is 19.4 Å². The molecule has 3 aliphatic rings. The Balaban J connectivity index is 1.24. The van der Waals surface area contributed by atoms with Gasteiger partial charge in [0.1, 0.15) is 28.8 Å². The SMILES string of the molecule is COc1cnc(OC[C@H]2C[C@H]3C[C@H]3N2c2cc3c(cc2Cl)c(=O)c(C(=O)O)cn3-c2ccc(N3CC(N(C)C)C3)nc2)c(Cl)c1. The number of likely N-dealkylation sites (N-methyl/N-ethyl adjacent to an activating group) is 1. The van der Waals surface area contributed by atoms with Crippen LogP contribution in [0.4, 0.5) is 11.5 Å². The van der Waals surface area contributed by atoms with Gasteiger partial charge in [0, 0.05) is 42.8 Å². The first-order chi connectivity index (χ1) is 21.6. The summed E-state index contributed by atoms with van der Waals surface area (Å²) in [6.45, 7) is 2.10. The van der Waals surface area contributed by atoms with Crippen molar-refractivity contribution in [3.63, 3.8) is 0 Å². The summed E-state index contributed by atoms with van der Waals surface area (Å²) in [6.07, 6.45) is 6.58. The molecular formula is C32H32Cl2N6O5. The van der Waals surface area contributed by atoms with E-state index in [1.54, 1.807) is 36.2 Å². The Morgan fingerprint density at radius 1 is 1.09 bits per heavy atom. The van der Waals surface area contributed by atoms with Crippen LogP contribution in [0, 0.1) is 5.92 Å². The highest BCUT2D eigenvalue weighted by Gasteiger charge is 2.52. The summed E-state index contributed by atoms with van der Waals surface area (Å²) in [7, 11) is 5.68. The van der Waals surface area contributed by atoms with E-state index in [0.717, 1.165) is 37.4 Å². The van der Waals surface area contributed by atoms with Crippen molar-refractivity contribution in [3.8, 4) is 17.3 Å². The monoisotopic (exact) mass is 650 g/mol. The number of benzene rings is 1. The summed E-state index contributed by atoms with van der Waals surface area (Å²) in [5.74, 6) is 0.907. The molecular weight excluding hydrogens is 619 g/mol. The van der Waals surface area contributed by atoms with E-state index >= 15 is 0 Å². The predicted octanol–water partition coefficient (Wildman–Crippen LogP) is 4.59. The Bertz CT molecular complexity index is 1860. The Kier molecular flexibility index (Phi) is 7.50. The maximum Gasteiger partial charge on any atom is 0.341 e. The molecule has 5 heterocycles. The van der Waals surface area contributed by atoms with Gasteiger partial charge in [-0.2, -0.15) is 0 Å². The molecule has 2 aliphatic heterocycles. The van der Waals surface area contributed by atoms with Gasteiger partial charge in [-0.25, -0.2) is 14.8 Å². The number of aromatic nitrogens is 3. The Labute approximate surface area is 269 Å². The van der Waals surface area contributed by atoms with Gasteiger partial charge in [-0.15, -0.1) is 0 Å². The minimum absolute atomic E-state index is 0.00870. The first-order valence-electron chi connectivity index (χ1n) is 14.7. The molecule has 1 aliphatic carbocycles. The lowest BCUT2D eigenvalue weighted by Crippen LogP contribution is -2.57. The van der Waals surface area contributed by atoms with Crippen molar-refractivity contribution in [2.75, 3.05) is 50.7 Å². The summed E-state index contributed by atoms with van der Waals surface area (Å²) < 4.78 is 13.0. The number of aromatic carboxylic acids is 1. The van der Waals surface area contributed by atoms with Crippen molar-refractivity contribution in [3.05, 3.63) is 74.8 Å². The van der Waals surface area contributed by atoms with Crippen LogP contribution in [0.15, 0.2) is 53.7 Å². The fourth-order valence-electron chi connectivity index (χ4n) is 6.46. The summed E-state index contributed by atoms with van der Waals surface area (Å²) in [5.41, 5.74) is 1.00. The van der Waals surface area contributed by atoms with Gasteiger partial charge in [-0.1, -0.05) is 23.2 Å². The summed E-state index contributed by atoms with van der Waals surface area (Å²) >= 11 is 13.2. The van der Waals surface area contributed by atoms with E-state index in [9.17, 15) is 14.7 Å². The first-order valence-corrected chi connectivity index (χ1v) is 15.5. The molecule has 0 unspecified atom stereocenters. The van der Waals surface area contributed by atoms with Crippen LogP contribution in [0.3, 0.4) is 0 Å². The zero-order valence-corrected chi connectivity index (χ0v) is 26.5. The maximum atomic E-state index is 13.3. The highest BCUT2D eigenvalue weighted by molar-refractivity contribution is 6.34. The van der Waals surface area contributed by atoms with E-state index in [1.807, 2.05) is 18.2 Å². The fraction of sp³-hybridized carbons (Fsp3) is 0.375. The molecule has 1 aromatic carbocycles. The van der Waals surface area contributed by atoms with Crippen LogP contribution in [-0.2, 0) is 0 Å². The third-order valence-corrected chi connectivity index (χ3v) is 9.72. The van der Waals surface area contributed by atoms with E-state index in [2.05, 4.69) is 38.8 Å². The number of ether oxygens (including phenoxy) is 2. The van der Waals surface area contributed by atoms with Gasteiger partial charge in [-0.05, 0) is 57.1 Å². The summed E-state index contributed by atoms with van der Waals surface area (Å²) in [4.78, 5) is 41.1. The molecule has 4 aromatic rings. The number of carboxylic acid groups (broad SMARTS) is 1. The van der Waals surface area contributed by atoms with Crippen LogP contribution in [0.5, 0.6) is 11.6 Å². The van der Waals surface area contributed by atoms with E-state index < -0.39 is 11.4 Å². The first kappa shape index (κ1) is 29.6. The van der Waals surface area contributed by atoms with Crippen LogP contribution in [0.25, 0.3) is 16.6 Å². The number of hydrogen-bond donors (Lipinski definition) is 1. The van der Waals surface area contributed by atoms with Crippen LogP contribution in [-0.4, -0.2) is 89.5 Å². The largest absolute Gasteiger partial charge is 0.495 e. The summed E-state index contributed by atoms with van der Waals surface area (Å²) in [6, 6.07) is 9.68. The lowest BCUT2D eigenvalue weighted by atomic mass is 10.1. The molecule has 13 heteroatoms. The molecule has 3 fully saturated rings. The molecule has 234 valence electrons. The molecule has 1 N–H and O–H groups in total. The molecule has 45 heavy (non-hydrogen) atoms. The Morgan fingerprint density at radius 2 is 1.89 bits per heavy atom. The lowest BCUT2D eigenvalue weighted by molar-refractivity contribution is 0.0695. The second-order valence-electron chi connectivity index (χ2n) is 12.1. The quantitative estimate of drug-likeness (QED) is 0.276. The number of hydrogen-bond acceptors (Lipinski definition) is 9. The molecule has 0 bridgehead atoms. The fourth-order valence-corrected chi connectivity index (χ4v) is 6.93. The maximum absolute atomic E-state index is 13.3. The van der Waals surface area contributed by atoms with E-state index in [1.165, 1.54) is 6.20 Å². The number of piperidine rings is 1. The van der Waals surface area contributed by atoms with Gasteiger partial charge in [0.2, 0.25) is 11.3 Å². The van der Waals surface area contributed by atoms with Gasteiger partial charge >= 0.3 is 5.97 Å². The van der Waals surface area contributed by atoms with E-state index in [4.69, 9.17) is 32.7 Å². The molecule has 0 amide bonds. The smallest absolute Gasteiger partial charge is 0.341 e. The molecule has 11 nitrogen and oxygen atoms in total. The molecule has 3 aromatic heterocycles. The van der Waals surface area contributed by atoms with Crippen molar-refractivity contribution >= 4 is 51.6 Å². The number of carbonyl (C=O) groups is 1. The molecule has 1 saturated carbocycles. The lowest BCUT2D eigenvalue weighted by Gasteiger charge is -2.43. The number of nitrogens with zero attached hydrogens (tertiary/aromatic N) is 6. The van der Waals surface area contributed by atoms with Crippen LogP contribution >= 0.6 is 23.2 Å². The number of carboxylic acids is 1. The molecule has 2 saturated heterocycles. The minimum atomic E-state index is -1.31. The number of halogens is 2. The van der Waals surface area contributed by atoms with Gasteiger partial charge in [-0.3, -0.25) is 4.79 Å². The zero-order valence-electron chi connectivity index (χ0n) is 25.0. The van der Waals surface area contributed by atoms with Crippen molar-refractivity contribution in [2.24, 2.45) is 5.92 Å². The number of fused-ring (bicyclic) bond motifs is 2. The van der Waals surface area contributed by atoms with Crippen molar-refractivity contribution in [2.45, 2.75) is 31.0 Å². The molecule has 3 atom stereocenters. The molecule has 7 rings (SSSR count). The predicted molar refractivity (Wildman–Crippen MR) is 173 cm³/mol. The normalized spacial score (nSPS) is 20.8. The Morgan fingerprint density at radius 3 is 2.56 bits per heavy atom. The number of rotatable bonds is 9. The van der Waals surface area contributed by atoms with Crippen LogP contribution < -0.4 is 24.7 Å². The van der Waals surface area contributed by atoms with Gasteiger partial charge in [0.15, 0.2) is 0 Å². The molecule has 0 spiro atoms. The second kappa shape index (κ2) is 11.4. The standard InChI is InChI=1S/C32H32Cl2N6O5/c1-37(2)20-13-38(14-20)29-5-4-18(11-35-29)39-15-23(32(42)43)30(41)22-9-24(33)28(10-27(22)39)40-19(6-17-7-26(17)40)16-45-31-25(34)8-21(44-3)12-36-31/h4-5,8-12,15,17,19-20,26H,6-7,13-14,16H2,1-3H3,(H,42,43)/t17-,19+,26+/m0/s1. The Hall–Kier alpha value is -4.06.